The van der Waals surface area contributed by atoms with Gasteiger partial charge < -0.3 is 20.1 Å². The zero-order valence-corrected chi connectivity index (χ0v) is 19.0. The summed E-state index contributed by atoms with van der Waals surface area (Å²) in [6.45, 7) is 7.32. The van der Waals surface area contributed by atoms with Gasteiger partial charge in [0.15, 0.2) is 5.96 Å². The average Bonchev–Trinajstić information content (AvgIpc) is 3.14. The van der Waals surface area contributed by atoms with E-state index in [1.54, 1.807) is 13.2 Å². The van der Waals surface area contributed by atoms with Crippen LogP contribution in [0.15, 0.2) is 59.7 Å². The molecule has 0 radical (unpaired) electrons. The third-order valence-electron chi connectivity index (χ3n) is 4.77. The molecular formula is C24H32N6O2. The van der Waals surface area contributed by atoms with Crippen molar-refractivity contribution in [2.75, 3.05) is 26.8 Å². The number of aryl methyl sites for hydroxylation is 3. The van der Waals surface area contributed by atoms with Gasteiger partial charge in [0.2, 0.25) is 5.88 Å². The van der Waals surface area contributed by atoms with Crippen LogP contribution in [0.2, 0.25) is 0 Å². The van der Waals surface area contributed by atoms with Crippen molar-refractivity contribution in [1.29, 1.82) is 0 Å². The lowest BCUT2D eigenvalue weighted by molar-refractivity contribution is 0.212. The van der Waals surface area contributed by atoms with Crippen molar-refractivity contribution in [3.05, 3.63) is 71.7 Å². The van der Waals surface area contributed by atoms with Crippen LogP contribution in [-0.2, 0) is 13.1 Å². The van der Waals surface area contributed by atoms with Crippen molar-refractivity contribution in [2.45, 2.75) is 33.4 Å². The molecule has 3 aromatic rings. The summed E-state index contributed by atoms with van der Waals surface area (Å²) in [6, 6.07) is 15.6. The highest BCUT2D eigenvalue weighted by Gasteiger charge is 2.03. The fourth-order valence-corrected chi connectivity index (χ4v) is 3.17. The number of nitrogens with zero attached hydrogens (tertiary/aromatic N) is 4. The van der Waals surface area contributed by atoms with E-state index < -0.39 is 0 Å². The van der Waals surface area contributed by atoms with Gasteiger partial charge in [-0.15, -0.1) is 0 Å². The first-order valence-electron chi connectivity index (χ1n) is 10.8. The Balaban J connectivity index is 1.32. The van der Waals surface area contributed by atoms with Crippen LogP contribution in [0.3, 0.4) is 0 Å². The van der Waals surface area contributed by atoms with Gasteiger partial charge in [-0.3, -0.25) is 9.67 Å². The number of pyridine rings is 1. The van der Waals surface area contributed by atoms with Gasteiger partial charge in [0.1, 0.15) is 19.0 Å². The molecular weight excluding hydrogens is 404 g/mol. The molecule has 0 aliphatic rings. The molecule has 0 saturated carbocycles. The van der Waals surface area contributed by atoms with Crippen LogP contribution in [-0.4, -0.2) is 47.5 Å². The Kier molecular flexibility index (Phi) is 8.92. The normalized spacial score (nSPS) is 11.3. The number of para-hydroxylation sites is 1. The fraction of sp³-hybridized carbons (Fsp3) is 0.375. The van der Waals surface area contributed by atoms with Gasteiger partial charge in [-0.2, -0.15) is 5.10 Å². The number of benzene rings is 1. The van der Waals surface area contributed by atoms with Crippen molar-refractivity contribution in [3.63, 3.8) is 0 Å². The van der Waals surface area contributed by atoms with Crippen LogP contribution in [0.4, 0.5) is 0 Å². The van der Waals surface area contributed by atoms with Crippen LogP contribution < -0.4 is 20.1 Å². The van der Waals surface area contributed by atoms with Crippen molar-refractivity contribution < 1.29 is 9.47 Å². The van der Waals surface area contributed by atoms with Crippen molar-refractivity contribution >= 4 is 5.96 Å². The molecule has 0 amide bonds. The second-order valence-corrected chi connectivity index (χ2v) is 7.37. The standard InChI is InChI=1S/C24H32N6O2/c1-19-16-20(2)30(29-19)13-7-12-26-24(25-3)28-18-21-10-11-23(27-17-21)32-15-14-31-22-8-5-4-6-9-22/h4-6,8-11,16-17H,7,12-15,18H2,1-3H3,(H2,25,26,28). The Labute approximate surface area is 189 Å². The average molecular weight is 437 g/mol. The molecule has 2 N–H and O–H groups in total. The van der Waals surface area contributed by atoms with E-state index in [2.05, 4.69) is 38.7 Å². The van der Waals surface area contributed by atoms with E-state index in [9.17, 15) is 0 Å². The van der Waals surface area contributed by atoms with Crippen LogP contribution in [0.5, 0.6) is 11.6 Å². The highest BCUT2D eigenvalue weighted by molar-refractivity contribution is 5.79. The van der Waals surface area contributed by atoms with Crippen molar-refractivity contribution in [3.8, 4) is 11.6 Å². The number of guanidine groups is 1. The minimum absolute atomic E-state index is 0.438. The predicted octanol–water partition coefficient (Wildman–Crippen LogP) is 3.11. The molecule has 1 aromatic carbocycles. The summed E-state index contributed by atoms with van der Waals surface area (Å²) in [4.78, 5) is 8.63. The maximum atomic E-state index is 5.64. The van der Waals surface area contributed by atoms with E-state index >= 15 is 0 Å². The molecule has 170 valence electrons. The summed E-state index contributed by atoms with van der Waals surface area (Å²) >= 11 is 0. The van der Waals surface area contributed by atoms with Gasteiger partial charge in [-0.05, 0) is 44.0 Å². The lowest BCUT2D eigenvalue weighted by Crippen LogP contribution is -2.37. The number of aromatic nitrogens is 3. The molecule has 0 fully saturated rings. The van der Waals surface area contributed by atoms with E-state index in [0.717, 1.165) is 42.5 Å². The van der Waals surface area contributed by atoms with Gasteiger partial charge in [0.05, 0.1) is 5.69 Å². The monoisotopic (exact) mass is 436 g/mol. The quantitative estimate of drug-likeness (QED) is 0.273. The Morgan fingerprint density at radius 1 is 1.03 bits per heavy atom. The van der Waals surface area contributed by atoms with Crippen LogP contribution in [0.25, 0.3) is 0 Å². The molecule has 3 rings (SSSR count). The van der Waals surface area contributed by atoms with E-state index in [0.29, 0.717) is 25.6 Å². The minimum Gasteiger partial charge on any atom is -0.490 e. The van der Waals surface area contributed by atoms with E-state index in [1.165, 1.54) is 5.69 Å². The molecule has 0 spiro atoms. The Morgan fingerprint density at radius 3 is 2.53 bits per heavy atom. The van der Waals surface area contributed by atoms with Crippen LogP contribution in [0.1, 0.15) is 23.4 Å². The molecule has 8 heteroatoms. The molecule has 2 heterocycles. The highest BCUT2D eigenvalue weighted by atomic mass is 16.5. The molecule has 0 aliphatic heterocycles. The second-order valence-electron chi connectivity index (χ2n) is 7.37. The summed E-state index contributed by atoms with van der Waals surface area (Å²) in [5, 5.41) is 11.1. The molecule has 0 bridgehead atoms. The van der Waals surface area contributed by atoms with Gasteiger partial charge >= 0.3 is 0 Å². The van der Waals surface area contributed by atoms with Crippen molar-refractivity contribution in [1.82, 2.24) is 25.4 Å². The molecule has 8 nitrogen and oxygen atoms in total. The zero-order chi connectivity index (χ0) is 22.6. The van der Waals surface area contributed by atoms with Crippen molar-refractivity contribution in [2.24, 2.45) is 4.99 Å². The van der Waals surface area contributed by atoms with Gasteiger partial charge in [0.25, 0.3) is 0 Å². The minimum atomic E-state index is 0.438. The zero-order valence-electron chi connectivity index (χ0n) is 19.0. The van der Waals surface area contributed by atoms with Crippen LogP contribution in [0, 0.1) is 13.8 Å². The fourth-order valence-electron chi connectivity index (χ4n) is 3.17. The molecule has 2 aromatic heterocycles. The number of hydrogen-bond donors (Lipinski definition) is 2. The van der Waals surface area contributed by atoms with Gasteiger partial charge in [0, 0.05) is 44.6 Å². The summed E-state index contributed by atoms with van der Waals surface area (Å²) in [7, 11) is 1.77. The number of nitrogens with one attached hydrogen (secondary N) is 2. The first kappa shape index (κ1) is 23.1. The summed E-state index contributed by atoms with van der Waals surface area (Å²) in [5.41, 5.74) is 3.29. The van der Waals surface area contributed by atoms with E-state index in [-0.39, 0.29) is 0 Å². The van der Waals surface area contributed by atoms with E-state index in [4.69, 9.17) is 9.47 Å². The maximum Gasteiger partial charge on any atom is 0.213 e. The Morgan fingerprint density at radius 2 is 1.84 bits per heavy atom. The second kappa shape index (κ2) is 12.3. The third-order valence-corrected chi connectivity index (χ3v) is 4.77. The molecule has 0 unspecified atom stereocenters. The third kappa shape index (κ3) is 7.61. The summed E-state index contributed by atoms with van der Waals surface area (Å²) < 4.78 is 13.3. The Hall–Kier alpha value is -3.55. The predicted molar refractivity (Wildman–Crippen MR) is 126 cm³/mol. The molecule has 0 aliphatic carbocycles. The lowest BCUT2D eigenvalue weighted by Gasteiger charge is -2.12. The first-order valence-corrected chi connectivity index (χ1v) is 10.8. The summed E-state index contributed by atoms with van der Waals surface area (Å²) in [5.74, 6) is 2.17. The maximum absolute atomic E-state index is 5.64. The van der Waals surface area contributed by atoms with Gasteiger partial charge in [-0.25, -0.2) is 4.98 Å². The molecule has 0 saturated heterocycles. The van der Waals surface area contributed by atoms with E-state index in [1.807, 2.05) is 54.1 Å². The topological polar surface area (TPSA) is 85.6 Å². The lowest BCUT2D eigenvalue weighted by atomic mass is 10.3. The van der Waals surface area contributed by atoms with Gasteiger partial charge in [-0.1, -0.05) is 24.3 Å². The summed E-state index contributed by atoms with van der Waals surface area (Å²) in [6.07, 6.45) is 2.76. The molecule has 32 heavy (non-hydrogen) atoms. The van der Waals surface area contributed by atoms with Crippen LogP contribution >= 0.6 is 0 Å². The molecule has 0 atom stereocenters. The first-order chi connectivity index (χ1) is 15.6. The highest BCUT2D eigenvalue weighted by Crippen LogP contribution is 2.10. The smallest absolute Gasteiger partial charge is 0.213 e. The number of hydrogen-bond acceptors (Lipinski definition) is 5. The Bertz CT molecular complexity index is 970. The SMILES string of the molecule is CN=C(NCCCn1nc(C)cc1C)NCc1ccc(OCCOc2ccccc2)nc1. The number of aliphatic imine (C=N–C) groups is 1. The number of ether oxygens (including phenoxy) is 2. The number of rotatable bonds is 11. The largest absolute Gasteiger partial charge is 0.490 e.